The second-order valence-electron chi connectivity index (χ2n) is 10.9. The predicted molar refractivity (Wildman–Crippen MR) is 165 cm³/mol. The number of hydrogen-bond donors (Lipinski definition) is 1. The van der Waals surface area contributed by atoms with Crippen LogP contribution in [0, 0.1) is 26.7 Å². The number of nitrogens with zero attached hydrogens (tertiary/aromatic N) is 2. The van der Waals surface area contributed by atoms with Crippen molar-refractivity contribution in [2.45, 2.75) is 65.3 Å². The summed E-state index contributed by atoms with van der Waals surface area (Å²) in [6, 6.07) is 21.1. The maximum absolute atomic E-state index is 14.2. The summed E-state index contributed by atoms with van der Waals surface area (Å²) in [4.78, 5) is 29.1. The van der Waals surface area contributed by atoms with Gasteiger partial charge in [0.1, 0.15) is 12.6 Å². The maximum atomic E-state index is 14.2. The van der Waals surface area contributed by atoms with E-state index in [9.17, 15) is 18.0 Å². The van der Waals surface area contributed by atoms with E-state index in [1.807, 2.05) is 77.9 Å². The summed E-state index contributed by atoms with van der Waals surface area (Å²) in [5.74, 6) is -0.407. The zero-order valence-electron chi connectivity index (χ0n) is 25.1. The van der Waals surface area contributed by atoms with Gasteiger partial charge in [-0.1, -0.05) is 80.9 Å². The Morgan fingerprint density at radius 2 is 1.54 bits per heavy atom. The van der Waals surface area contributed by atoms with Gasteiger partial charge < -0.3 is 10.2 Å². The lowest BCUT2D eigenvalue weighted by Gasteiger charge is -2.34. The number of carbonyl (C=O) groups is 2. The number of aryl methyl sites for hydroxylation is 2. The van der Waals surface area contributed by atoms with Crippen LogP contribution in [0.15, 0.2) is 77.7 Å². The number of rotatable bonds is 13. The molecule has 0 aliphatic rings. The van der Waals surface area contributed by atoms with Crippen LogP contribution in [0.3, 0.4) is 0 Å². The molecule has 3 aromatic rings. The molecule has 0 radical (unpaired) electrons. The smallest absolute Gasteiger partial charge is 0.264 e. The standard InChI is InChI=1S/C33H43N3O4S/c1-7-30(33(38)34-22-24(2)3)35(21-20-28-13-9-8-10-14-28)32(37)23-36(31-15-11-12-26(5)27(31)6)41(39,40)29-18-16-25(4)17-19-29/h8-19,24,30H,7,20-23H2,1-6H3,(H,34,38)/t30-/m0/s1. The highest BCUT2D eigenvalue weighted by Crippen LogP contribution is 2.29. The van der Waals surface area contributed by atoms with Gasteiger partial charge in [-0.15, -0.1) is 0 Å². The van der Waals surface area contributed by atoms with E-state index in [-0.39, 0.29) is 23.3 Å². The number of sulfonamides is 1. The average molecular weight is 578 g/mol. The molecule has 0 heterocycles. The Bertz CT molecular complexity index is 1420. The van der Waals surface area contributed by atoms with E-state index >= 15 is 0 Å². The van der Waals surface area contributed by atoms with Crippen LogP contribution in [0.4, 0.5) is 5.69 Å². The van der Waals surface area contributed by atoms with Gasteiger partial charge in [0.2, 0.25) is 11.8 Å². The highest BCUT2D eigenvalue weighted by molar-refractivity contribution is 7.92. The van der Waals surface area contributed by atoms with E-state index in [2.05, 4.69) is 5.32 Å². The summed E-state index contributed by atoms with van der Waals surface area (Å²) in [5.41, 5.74) is 4.09. The van der Waals surface area contributed by atoms with Crippen molar-refractivity contribution in [1.29, 1.82) is 0 Å². The quantitative estimate of drug-likeness (QED) is 0.294. The average Bonchev–Trinajstić information content (AvgIpc) is 2.95. The molecule has 0 unspecified atom stereocenters. The molecule has 0 saturated carbocycles. The summed E-state index contributed by atoms with van der Waals surface area (Å²) in [5, 5.41) is 2.96. The van der Waals surface area contributed by atoms with Crippen LogP contribution in [0.2, 0.25) is 0 Å². The van der Waals surface area contributed by atoms with E-state index < -0.39 is 28.5 Å². The molecule has 2 amide bonds. The fourth-order valence-electron chi connectivity index (χ4n) is 4.68. The number of anilines is 1. The molecule has 0 fully saturated rings. The zero-order chi connectivity index (χ0) is 30.2. The Labute approximate surface area is 245 Å². The van der Waals surface area contributed by atoms with Crippen molar-refractivity contribution in [3.05, 3.63) is 95.1 Å². The minimum absolute atomic E-state index is 0.106. The number of hydrogen-bond acceptors (Lipinski definition) is 4. The normalized spacial score (nSPS) is 12.2. The third-order valence-corrected chi connectivity index (χ3v) is 9.06. The van der Waals surface area contributed by atoms with E-state index in [1.165, 1.54) is 4.31 Å². The summed E-state index contributed by atoms with van der Waals surface area (Å²) in [6.45, 7) is 11.9. The van der Waals surface area contributed by atoms with Gasteiger partial charge in [0.05, 0.1) is 10.6 Å². The molecule has 7 nitrogen and oxygen atoms in total. The van der Waals surface area contributed by atoms with Crippen molar-refractivity contribution in [3.8, 4) is 0 Å². The van der Waals surface area contributed by atoms with Crippen molar-refractivity contribution in [1.82, 2.24) is 10.2 Å². The topological polar surface area (TPSA) is 86.8 Å². The van der Waals surface area contributed by atoms with Gasteiger partial charge in [-0.25, -0.2) is 8.42 Å². The van der Waals surface area contributed by atoms with Crippen LogP contribution in [0.1, 0.15) is 49.4 Å². The van der Waals surface area contributed by atoms with Crippen molar-refractivity contribution < 1.29 is 18.0 Å². The first-order valence-corrected chi connectivity index (χ1v) is 15.7. The molecule has 8 heteroatoms. The first-order chi connectivity index (χ1) is 19.4. The molecule has 0 aliphatic carbocycles. The minimum atomic E-state index is -4.09. The van der Waals surface area contributed by atoms with Gasteiger partial charge in [0.15, 0.2) is 0 Å². The van der Waals surface area contributed by atoms with Crippen LogP contribution in [0.5, 0.6) is 0 Å². The molecule has 1 N–H and O–H groups in total. The number of benzene rings is 3. The van der Waals surface area contributed by atoms with Gasteiger partial charge in [-0.05, 0) is 74.4 Å². The molecular weight excluding hydrogens is 534 g/mol. The van der Waals surface area contributed by atoms with E-state index in [0.717, 1.165) is 22.3 Å². The largest absolute Gasteiger partial charge is 0.354 e. The number of amides is 2. The Balaban J connectivity index is 2.04. The molecule has 0 aliphatic heterocycles. The Morgan fingerprint density at radius 3 is 2.15 bits per heavy atom. The maximum Gasteiger partial charge on any atom is 0.264 e. The fourth-order valence-corrected chi connectivity index (χ4v) is 6.15. The van der Waals surface area contributed by atoms with Gasteiger partial charge >= 0.3 is 0 Å². The predicted octanol–water partition coefficient (Wildman–Crippen LogP) is 5.43. The Kier molecular flexibility index (Phi) is 11.1. The molecule has 3 aromatic carbocycles. The van der Waals surface area contributed by atoms with Crippen LogP contribution in [-0.4, -0.2) is 50.8 Å². The number of nitrogens with one attached hydrogen (secondary N) is 1. The molecular formula is C33H43N3O4S. The first kappa shape index (κ1) is 31.9. The lowest BCUT2D eigenvalue weighted by molar-refractivity contribution is -0.139. The van der Waals surface area contributed by atoms with Crippen molar-refractivity contribution in [2.24, 2.45) is 5.92 Å². The molecule has 1 atom stereocenters. The van der Waals surface area contributed by atoms with Crippen molar-refractivity contribution in [2.75, 3.05) is 23.9 Å². The summed E-state index contributed by atoms with van der Waals surface area (Å²) < 4.78 is 29.3. The van der Waals surface area contributed by atoms with E-state index in [0.29, 0.717) is 25.1 Å². The zero-order valence-corrected chi connectivity index (χ0v) is 25.9. The summed E-state index contributed by atoms with van der Waals surface area (Å²) >= 11 is 0. The molecule has 0 saturated heterocycles. The van der Waals surface area contributed by atoms with Crippen LogP contribution in [-0.2, 0) is 26.0 Å². The van der Waals surface area contributed by atoms with Crippen LogP contribution >= 0.6 is 0 Å². The first-order valence-electron chi connectivity index (χ1n) is 14.2. The minimum Gasteiger partial charge on any atom is -0.354 e. The van der Waals surface area contributed by atoms with Gasteiger partial charge in [-0.2, -0.15) is 0 Å². The van der Waals surface area contributed by atoms with E-state index in [4.69, 9.17) is 0 Å². The summed E-state index contributed by atoms with van der Waals surface area (Å²) in [6.07, 6.45) is 0.938. The fraction of sp³-hybridized carbons (Fsp3) is 0.394. The summed E-state index contributed by atoms with van der Waals surface area (Å²) in [7, 11) is -4.09. The Morgan fingerprint density at radius 1 is 0.878 bits per heavy atom. The SMILES string of the molecule is CC[C@@H](C(=O)NCC(C)C)N(CCc1ccccc1)C(=O)CN(c1cccc(C)c1C)S(=O)(=O)c1ccc(C)cc1. The highest BCUT2D eigenvalue weighted by atomic mass is 32.2. The molecule has 220 valence electrons. The third kappa shape index (κ3) is 8.19. The molecule has 3 rings (SSSR count). The molecule has 41 heavy (non-hydrogen) atoms. The molecule has 0 spiro atoms. The van der Waals surface area contributed by atoms with E-state index in [1.54, 1.807) is 41.3 Å². The molecule has 0 aromatic heterocycles. The Hall–Kier alpha value is -3.65. The van der Waals surface area contributed by atoms with Gasteiger partial charge in [0, 0.05) is 13.1 Å². The number of carbonyl (C=O) groups excluding carboxylic acids is 2. The highest BCUT2D eigenvalue weighted by Gasteiger charge is 2.34. The molecule has 0 bridgehead atoms. The van der Waals surface area contributed by atoms with Crippen LogP contribution in [0.25, 0.3) is 0 Å². The van der Waals surface area contributed by atoms with Crippen molar-refractivity contribution >= 4 is 27.5 Å². The lowest BCUT2D eigenvalue weighted by atomic mass is 10.1. The second kappa shape index (κ2) is 14.3. The van der Waals surface area contributed by atoms with Crippen molar-refractivity contribution in [3.63, 3.8) is 0 Å². The third-order valence-electron chi connectivity index (χ3n) is 7.29. The lowest BCUT2D eigenvalue weighted by Crippen LogP contribution is -2.53. The monoisotopic (exact) mass is 577 g/mol. The van der Waals surface area contributed by atoms with Gasteiger partial charge in [-0.3, -0.25) is 13.9 Å². The van der Waals surface area contributed by atoms with Gasteiger partial charge in [0.25, 0.3) is 10.0 Å². The van der Waals surface area contributed by atoms with Crippen LogP contribution < -0.4 is 9.62 Å². The second-order valence-corrected chi connectivity index (χ2v) is 12.8.